The predicted molar refractivity (Wildman–Crippen MR) is 141 cm³/mol. The standard InChI is InChI=1S/C27H34N6O4/c1-17(2)33(29)16-24(34)22(14-18-8-4-3-5-9-18)31-27(37)23(15-25(28)35)32-26(36)21-13-12-19-10-6-7-11-20(19)30-21/h3-13,17,22-24,34H,14-16,29H2,1-2H3,(H2,28,35)(H,31,37)(H,32,36)/t22-,23-,24+/m0/s1. The number of primary amides is 1. The second kappa shape index (κ2) is 12.9. The molecule has 0 unspecified atom stereocenters. The van der Waals surface area contributed by atoms with Crippen LogP contribution in [0.5, 0.6) is 0 Å². The zero-order valence-corrected chi connectivity index (χ0v) is 21.0. The predicted octanol–water partition coefficient (Wildman–Crippen LogP) is 0.881. The minimum atomic E-state index is -1.26. The quantitative estimate of drug-likeness (QED) is 0.180. The Labute approximate surface area is 216 Å². The third kappa shape index (κ3) is 8.07. The number of aliphatic hydroxyl groups is 1. The van der Waals surface area contributed by atoms with Crippen LogP contribution in [0, 0.1) is 0 Å². The van der Waals surface area contributed by atoms with Gasteiger partial charge in [0, 0.05) is 18.0 Å². The lowest BCUT2D eigenvalue weighted by molar-refractivity contribution is -0.128. The number of hydrogen-bond acceptors (Lipinski definition) is 7. The summed E-state index contributed by atoms with van der Waals surface area (Å²) in [5.74, 6) is 3.97. The summed E-state index contributed by atoms with van der Waals surface area (Å²) in [6.45, 7) is 3.87. The number of nitrogens with zero attached hydrogens (tertiary/aromatic N) is 2. The molecule has 1 heterocycles. The summed E-state index contributed by atoms with van der Waals surface area (Å²) < 4.78 is 0. The minimum absolute atomic E-state index is 0.0286. The Hall–Kier alpha value is -3.86. The number of amides is 3. The maximum absolute atomic E-state index is 13.3. The van der Waals surface area contributed by atoms with Crippen LogP contribution >= 0.6 is 0 Å². The van der Waals surface area contributed by atoms with Gasteiger partial charge in [-0.25, -0.2) is 9.99 Å². The van der Waals surface area contributed by atoms with Gasteiger partial charge in [0.2, 0.25) is 11.8 Å². The highest BCUT2D eigenvalue weighted by atomic mass is 16.3. The van der Waals surface area contributed by atoms with Gasteiger partial charge < -0.3 is 21.5 Å². The molecule has 7 N–H and O–H groups in total. The monoisotopic (exact) mass is 506 g/mol. The normalized spacial score (nSPS) is 13.8. The number of nitrogens with two attached hydrogens (primary N) is 2. The lowest BCUT2D eigenvalue weighted by Crippen LogP contribution is -2.56. The van der Waals surface area contributed by atoms with Crippen LogP contribution in [0.15, 0.2) is 66.7 Å². The van der Waals surface area contributed by atoms with Crippen LogP contribution in [-0.2, 0) is 16.0 Å². The van der Waals surface area contributed by atoms with E-state index in [2.05, 4.69) is 15.6 Å². The van der Waals surface area contributed by atoms with Crippen LogP contribution in [0.25, 0.3) is 10.9 Å². The Kier molecular flexibility index (Phi) is 9.67. The molecule has 0 radical (unpaired) electrons. The summed E-state index contributed by atoms with van der Waals surface area (Å²) in [5.41, 5.74) is 6.97. The average Bonchev–Trinajstić information content (AvgIpc) is 2.87. The van der Waals surface area contributed by atoms with Crippen molar-refractivity contribution in [1.82, 2.24) is 20.6 Å². The third-order valence-electron chi connectivity index (χ3n) is 6.01. The van der Waals surface area contributed by atoms with Crippen molar-refractivity contribution in [2.75, 3.05) is 6.54 Å². The number of aliphatic hydroxyl groups excluding tert-OH is 1. The number of carbonyl (C=O) groups excluding carboxylic acids is 3. The molecule has 3 amide bonds. The van der Waals surface area contributed by atoms with Gasteiger partial charge in [-0.1, -0.05) is 54.6 Å². The number of benzene rings is 2. The SMILES string of the molecule is CC(C)N(N)C[C@@H](O)[C@H](Cc1ccccc1)NC(=O)[C@H](CC(N)=O)NC(=O)c1ccc2ccccc2n1. The van der Waals surface area contributed by atoms with E-state index in [1.807, 2.05) is 56.3 Å². The van der Waals surface area contributed by atoms with Crippen LogP contribution in [0.4, 0.5) is 0 Å². The lowest BCUT2D eigenvalue weighted by atomic mass is 10.00. The molecule has 10 heteroatoms. The topological polar surface area (TPSA) is 164 Å². The number of hydrazine groups is 1. The van der Waals surface area contributed by atoms with Crippen molar-refractivity contribution in [3.05, 3.63) is 78.0 Å². The molecule has 0 bridgehead atoms. The average molecular weight is 507 g/mol. The molecule has 3 atom stereocenters. The molecule has 10 nitrogen and oxygen atoms in total. The van der Waals surface area contributed by atoms with Crippen molar-refractivity contribution >= 4 is 28.6 Å². The maximum Gasteiger partial charge on any atom is 0.270 e. The highest BCUT2D eigenvalue weighted by Gasteiger charge is 2.29. The molecule has 0 saturated heterocycles. The molecule has 3 aromatic rings. The van der Waals surface area contributed by atoms with Crippen molar-refractivity contribution in [1.29, 1.82) is 0 Å². The van der Waals surface area contributed by atoms with Crippen molar-refractivity contribution < 1.29 is 19.5 Å². The fraction of sp³-hybridized carbons (Fsp3) is 0.333. The van der Waals surface area contributed by atoms with E-state index in [0.29, 0.717) is 11.9 Å². The van der Waals surface area contributed by atoms with Gasteiger partial charge in [-0.15, -0.1) is 0 Å². The second-order valence-electron chi connectivity index (χ2n) is 9.25. The minimum Gasteiger partial charge on any atom is -0.390 e. The van der Waals surface area contributed by atoms with Crippen molar-refractivity contribution in [3.63, 3.8) is 0 Å². The Balaban J connectivity index is 1.78. The van der Waals surface area contributed by atoms with Crippen molar-refractivity contribution in [2.24, 2.45) is 11.6 Å². The summed E-state index contributed by atoms with van der Waals surface area (Å²) in [7, 11) is 0. The highest BCUT2D eigenvalue weighted by Crippen LogP contribution is 2.13. The molecule has 0 aliphatic heterocycles. The van der Waals surface area contributed by atoms with Gasteiger partial charge in [-0.05, 0) is 38.0 Å². The zero-order chi connectivity index (χ0) is 26.9. The highest BCUT2D eigenvalue weighted by molar-refractivity contribution is 5.99. The second-order valence-corrected chi connectivity index (χ2v) is 9.25. The first-order valence-corrected chi connectivity index (χ1v) is 12.1. The lowest BCUT2D eigenvalue weighted by Gasteiger charge is -2.30. The molecule has 0 aliphatic carbocycles. The molecular weight excluding hydrogens is 472 g/mol. The fourth-order valence-corrected chi connectivity index (χ4v) is 3.82. The number of nitrogens with one attached hydrogen (secondary N) is 2. The number of pyridine rings is 1. The van der Waals surface area contributed by atoms with E-state index < -0.39 is 42.3 Å². The Bertz CT molecular complexity index is 1220. The van der Waals surface area contributed by atoms with Crippen molar-refractivity contribution in [3.8, 4) is 0 Å². The molecule has 1 aromatic heterocycles. The molecule has 0 spiro atoms. The number of hydrogen-bond donors (Lipinski definition) is 5. The number of carbonyl (C=O) groups is 3. The van der Waals surface area contributed by atoms with Gasteiger partial charge in [-0.2, -0.15) is 0 Å². The summed E-state index contributed by atoms with van der Waals surface area (Å²) in [5, 5.41) is 18.6. The molecule has 0 fully saturated rings. The van der Waals surface area contributed by atoms with Gasteiger partial charge in [0.05, 0.1) is 24.1 Å². The number of rotatable bonds is 12. The molecule has 196 valence electrons. The van der Waals surface area contributed by atoms with Crippen LogP contribution < -0.4 is 22.2 Å². The number of aromatic nitrogens is 1. The first-order valence-electron chi connectivity index (χ1n) is 12.1. The smallest absolute Gasteiger partial charge is 0.270 e. The molecular formula is C27H34N6O4. The molecule has 3 rings (SSSR count). The van der Waals surface area contributed by atoms with Crippen LogP contribution in [0.1, 0.15) is 36.3 Å². The van der Waals surface area contributed by atoms with Gasteiger partial charge in [-0.3, -0.25) is 20.2 Å². The summed E-state index contributed by atoms with van der Waals surface area (Å²) >= 11 is 0. The van der Waals surface area contributed by atoms with Gasteiger partial charge >= 0.3 is 0 Å². The Morgan fingerprint density at radius 2 is 1.65 bits per heavy atom. The van der Waals surface area contributed by atoms with Crippen molar-refractivity contribution in [2.45, 2.75) is 50.9 Å². The van der Waals surface area contributed by atoms with E-state index in [4.69, 9.17) is 11.6 Å². The van der Waals surface area contributed by atoms with Gasteiger partial charge in [0.25, 0.3) is 5.91 Å². The maximum atomic E-state index is 13.3. The van der Waals surface area contributed by atoms with Crippen LogP contribution in [0.3, 0.4) is 0 Å². The third-order valence-corrected chi connectivity index (χ3v) is 6.01. The molecule has 37 heavy (non-hydrogen) atoms. The van der Waals surface area contributed by atoms with E-state index in [9.17, 15) is 19.5 Å². The van der Waals surface area contributed by atoms with Gasteiger partial charge in [0.15, 0.2) is 0 Å². The Morgan fingerprint density at radius 1 is 0.973 bits per heavy atom. The summed E-state index contributed by atoms with van der Waals surface area (Å²) in [6, 6.07) is 17.9. The molecule has 0 saturated carbocycles. The van der Waals surface area contributed by atoms with Gasteiger partial charge in [0.1, 0.15) is 11.7 Å². The first-order chi connectivity index (χ1) is 17.6. The Morgan fingerprint density at radius 3 is 2.32 bits per heavy atom. The number of para-hydroxylation sites is 1. The van der Waals surface area contributed by atoms with E-state index in [0.717, 1.165) is 10.9 Å². The fourth-order valence-electron chi connectivity index (χ4n) is 3.82. The summed E-state index contributed by atoms with van der Waals surface area (Å²) in [4.78, 5) is 42.3. The summed E-state index contributed by atoms with van der Waals surface area (Å²) in [6.07, 6.45) is -1.14. The molecule has 2 aromatic carbocycles. The molecule has 0 aliphatic rings. The van der Waals surface area contributed by atoms with E-state index in [1.165, 1.54) is 5.01 Å². The number of fused-ring (bicyclic) bond motifs is 1. The van der Waals surface area contributed by atoms with Crippen LogP contribution in [-0.4, -0.2) is 63.6 Å². The van der Waals surface area contributed by atoms with E-state index >= 15 is 0 Å². The zero-order valence-electron chi connectivity index (χ0n) is 21.0. The van der Waals surface area contributed by atoms with E-state index in [-0.39, 0.29) is 18.3 Å². The largest absolute Gasteiger partial charge is 0.390 e. The first kappa shape index (κ1) is 27.7. The van der Waals surface area contributed by atoms with E-state index in [1.54, 1.807) is 24.3 Å². The van der Waals surface area contributed by atoms with Crippen LogP contribution in [0.2, 0.25) is 0 Å².